The highest BCUT2D eigenvalue weighted by atomic mass is 16.6. The van der Waals surface area contributed by atoms with E-state index in [4.69, 9.17) is 9.47 Å². The summed E-state index contributed by atoms with van der Waals surface area (Å²) in [5.41, 5.74) is 1.11. The van der Waals surface area contributed by atoms with Crippen molar-refractivity contribution in [1.82, 2.24) is 0 Å². The van der Waals surface area contributed by atoms with E-state index in [0.717, 1.165) is 5.56 Å². The van der Waals surface area contributed by atoms with Crippen molar-refractivity contribution in [2.45, 2.75) is 26.6 Å². The maximum absolute atomic E-state index is 11.3. The molecule has 0 aliphatic rings. The summed E-state index contributed by atoms with van der Waals surface area (Å²) in [6.07, 6.45) is 6.53. The van der Waals surface area contributed by atoms with Crippen molar-refractivity contribution in [3.63, 3.8) is 0 Å². The van der Waals surface area contributed by atoms with Gasteiger partial charge in [0.1, 0.15) is 6.61 Å². The fraction of sp³-hybridized carbons (Fsp3) is 0.312. The van der Waals surface area contributed by atoms with Crippen LogP contribution in [0.1, 0.15) is 19.4 Å². The zero-order chi connectivity index (χ0) is 13.9. The first-order chi connectivity index (χ1) is 9.22. The van der Waals surface area contributed by atoms with E-state index in [1.807, 2.05) is 50.3 Å². The molecule has 1 atom stereocenters. The molecule has 19 heavy (non-hydrogen) atoms. The van der Waals surface area contributed by atoms with E-state index >= 15 is 0 Å². The molecule has 0 aliphatic carbocycles. The molecule has 0 saturated carbocycles. The third kappa shape index (κ3) is 7.21. The zero-order valence-corrected chi connectivity index (χ0v) is 11.4. The van der Waals surface area contributed by atoms with Crippen molar-refractivity contribution in [1.29, 1.82) is 0 Å². The van der Waals surface area contributed by atoms with Gasteiger partial charge in [-0.2, -0.15) is 0 Å². The van der Waals surface area contributed by atoms with Crippen LogP contribution >= 0.6 is 0 Å². The zero-order valence-electron chi connectivity index (χ0n) is 11.4. The summed E-state index contributed by atoms with van der Waals surface area (Å²) in [5, 5.41) is 0. The van der Waals surface area contributed by atoms with E-state index < -0.39 is 0 Å². The second kappa shape index (κ2) is 9.11. The van der Waals surface area contributed by atoms with E-state index in [0.29, 0.717) is 6.61 Å². The lowest BCUT2D eigenvalue weighted by molar-refractivity contribution is -0.141. The van der Waals surface area contributed by atoms with Crippen molar-refractivity contribution < 1.29 is 14.3 Å². The summed E-state index contributed by atoms with van der Waals surface area (Å²) in [6.45, 7) is 4.54. The van der Waals surface area contributed by atoms with E-state index in [2.05, 4.69) is 0 Å². The summed E-state index contributed by atoms with van der Waals surface area (Å²) in [4.78, 5) is 11.3. The Morgan fingerprint density at radius 3 is 2.68 bits per heavy atom. The lowest BCUT2D eigenvalue weighted by atomic mass is 10.2. The highest BCUT2D eigenvalue weighted by molar-refractivity contribution is 5.82. The van der Waals surface area contributed by atoms with Crippen molar-refractivity contribution in [2.75, 3.05) is 6.61 Å². The molecule has 3 nitrogen and oxygen atoms in total. The van der Waals surface area contributed by atoms with Gasteiger partial charge < -0.3 is 9.47 Å². The molecule has 0 amide bonds. The number of hydrogen-bond donors (Lipinski definition) is 0. The molecule has 0 aromatic heterocycles. The van der Waals surface area contributed by atoms with Crippen LogP contribution < -0.4 is 0 Å². The Kier molecular flexibility index (Phi) is 7.28. The third-order valence-electron chi connectivity index (χ3n) is 2.37. The third-order valence-corrected chi connectivity index (χ3v) is 2.37. The molecule has 0 fully saturated rings. The first-order valence-corrected chi connectivity index (χ1v) is 6.34. The standard InChI is InChI=1S/C16H20O3/c1-3-4-6-11-16(17)19-12-14(2)18-13-15-9-7-5-8-10-15/h3-11,14H,12-13H2,1-2H3. The summed E-state index contributed by atoms with van der Waals surface area (Å²) in [7, 11) is 0. The number of benzene rings is 1. The smallest absolute Gasteiger partial charge is 0.330 e. The van der Waals surface area contributed by atoms with Crippen LogP contribution in [0.3, 0.4) is 0 Å². The minimum Gasteiger partial charge on any atom is -0.460 e. The Hall–Kier alpha value is -1.87. The summed E-state index contributed by atoms with van der Waals surface area (Å²) in [6, 6.07) is 9.90. The van der Waals surface area contributed by atoms with Crippen molar-refractivity contribution >= 4 is 5.97 Å². The van der Waals surface area contributed by atoms with Crippen LogP contribution in [0.5, 0.6) is 0 Å². The molecule has 0 heterocycles. The fourth-order valence-electron chi connectivity index (χ4n) is 1.35. The molecule has 0 aliphatic heterocycles. The molecule has 0 N–H and O–H groups in total. The van der Waals surface area contributed by atoms with E-state index in [1.165, 1.54) is 6.08 Å². The van der Waals surface area contributed by atoms with Crippen LogP contribution in [0.2, 0.25) is 0 Å². The van der Waals surface area contributed by atoms with Crippen LogP contribution in [0, 0.1) is 0 Å². The van der Waals surface area contributed by atoms with Gasteiger partial charge in [-0.1, -0.05) is 48.6 Å². The molecular formula is C16H20O3. The van der Waals surface area contributed by atoms with Crippen LogP contribution in [-0.4, -0.2) is 18.7 Å². The van der Waals surface area contributed by atoms with E-state index in [1.54, 1.807) is 12.2 Å². The number of carbonyl (C=O) groups excluding carboxylic acids is 1. The molecule has 0 saturated heterocycles. The SMILES string of the molecule is CC=CC=CC(=O)OCC(C)OCc1ccccc1. The van der Waals surface area contributed by atoms with Gasteiger partial charge >= 0.3 is 5.97 Å². The van der Waals surface area contributed by atoms with Gasteiger partial charge in [0.05, 0.1) is 12.7 Å². The average molecular weight is 260 g/mol. The molecule has 102 valence electrons. The van der Waals surface area contributed by atoms with Crippen LogP contribution in [-0.2, 0) is 20.9 Å². The summed E-state index contributed by atoms with van der Waals surface area (Å²) < 4.78 is 10.6. The number of hydrogen-bond acceptors (Lipinski definition) is 3. The predicted molar refractivity (Wildman–Crippen MR) is 75.6 cm³/mol. The summed E-state index contributed by atoms with van der Waals surface area (Å²) >= 11 is 0. The maximum Gasteiger partial charge on any atom is 0.330 e. The predicted octanol–water partition coefficient (Wildman–Crippen LogP) is 3.27. The molecule has 0 spiro atoms. The fourth-order valence-corrected chi connectivity index (χ4v) is 1.35. The average Bonchev–Trinajstić information content (AvgIpc) is 2.44. The van der Waals surface area contributed by atoms with Gasteiger partial charge in [-0.15, -0.1) is 0 Å². The molecule has 1 aromatic carbocycles. The largest absolute Gasteiger partial charge is 0.460 e. The van der Waals surface area contributed by atoms with Gasteiger partial charge in [0.2, 0.25) is 0 Å². The lowest BCUT2D eigenvalue weighted by Gasteiger charge is -2.12. The topological polar surface area (TPSA) is 35.5 Å². The molecule has 1 aromatic rings. The van der Waals surface area contributed by atoms with Gasteiger partial charge in [0.15, 0.2) is 0 Å². The molecule has 0 radical (unpaired) electrons. The second-order valence-electron chi connectivity index (χ2n) is 4.12. The lowest BCUT2D eigenvalue weighted by Crippen LogP contribution is -2.18. The monoisotopic (exact) mass is 260 g/mol. The number of allylic oxidation sites excluding steroid dienone is 3. The maximum atomic E-state index is 11.3. The number of ether oxygens (including phenoxy) is 2. The number of carbonyl (C=O) groups is 1. The molecule has 0 bridgehead atoms. The molecular weight excluding hydrogens is 240 g/mol. The van der Waals surface area contributed by atoms with Gasteiger partial charge in [-0.25, -0.2) is 4.79 Å². The minimum absolute atomic E-state index is 0.126. The van der Waals surface area contributed by atoms with Gasteiger partial charge in [-0.3, -0.25) is 0 Å². The first kappa shape index (κ1) is 15.2. The Morgan fingerprint density at radius 2 is 2.00 bits per heavy atom. The van der Waals surface area contributed by atoms with Gasteiger partial charge in [-0.05, 0) is 19.4 Å². The van der Waals surface area contributed by atoms with Gasteiger partial charge in [0.25, 0.3) is 0 Å². The summed E-state index contributed by atoms with van der Waals surface area (Å²) in [5.74, 6) is -0.353. The van der Waals surface area contributed by atoms with Crippen LogP contribution in [0.15, 0.2) is 54.6 Å². The Labute approximate surface area is 114 Å². The van der Waals surface area contributed by atoms with Crippen molar-refractivity contribution in [2.24, 2.45) is 0 Å². The first-order valence-electron chi connectivity index (χ1n) is 6.34. The normalized spacial score (nSPS) is 12.9. The van der Waals surface area contributed by atoms with Crippen LogP contribution in [0.25, 0.3) is 0 Å². The highest BCUT2D eigenvalue weighted by Crippen LogP contribution is 2.03. The number of esters is 1. The molecule has 1 unspecified atom stereocenters. The Morgan fingerprint density at radius 1 is 1.26 bits per heavy atom. The molecule has 1 rings (SSSR count). The van der Waals surface area contributed by atoms with E-state index in [-0.39, 0.29) is 18.7 Å². The highest BCUT2D eigenvalue weighted by Gasteiger charge is 2.05. The van der Waals surface area contributed by atoms with Crippen molar-refractivity contribution in [3.8, 4) is 0 Å². The van der Waals surface area contributed by atoms with Gasteiger partial charge in [0, 0.05) is 6.08 Å². The van der Waals surface area contributed by atoms with Crippen molar-refractivity contribution in [3.05, 3.63) is 60.2 Å². The van der Waals surface area contributed by atoms with E-state index in [9.17, 15) is 4.79 Å². The Bertz CT molecular complexity index is 421. The number of rotatable bonds is 7. The van der Waals surface area contributed by atoms with Crippen LogP contribution in [0.4, 0.5) is 0 Å². The molecule has 3 heteroatoms. The minimum atomic E-state index is -0.353. The second-order valence-corrected chi connectivity index (χ2v) is 4.12. The quantitative estimate of drug-likeness (QED) is 0.429. The Balaban J connectivity index is 2.21.